The van der Waals surface area contributed by atoms with Gasteiger partial charge in [-0.2, -0.15) is 0 Å². The van der Waals surface area contributed by atoms with Crippen LogP contribution in [0.1, 0.15) is 0 Å². The number of carboxylic acid groups (broad SMARTS) is 1. The summed E-state index contributed by atoms with van der Waals surface area (Å²) in [5, 5.41) is 16.9. The van der Waals surface area contributed by atoms with Crippen molar-refractivity contribution in [2.24, 2.45) is 0 Å². The first-order valence-corrected chi connectivity index (χ1v) is 5.32. The van der Waals surface area contributed by atoms with E-state index >= 15 is 0 Å². The Bertz CT molecular complexity index is 454. The zero-order valence-corrected chi connectivity index (χ0v) is 9.69. The van der Waals surface area contributed by atoms with Crippen molar-refractivity contribution in [3.63, 3.8) is 0 Å². The molecule has 18 heavy (non-hydrogen) atoms. The molecule has 4 nitrogen and oxygen atoms in total. The molecule has 2 N–H and O–H groups in total. The van der Waals surface area contributed by atoms with Crippen LogP contribution < -0.4 is 4.74 Å². The Hall–Kier alpha value is -2.49. The molecule has 2 aromatic rings. The Labute approximate surface area is 105 Å². The molecule has 0 aliphatic rings. The molecule has 0 amide bonds. The first-order chi connectivity index (χ1) is 8.68. The van der Waals surface area contributed by atoms with E-state index in [4.69, 9.17) is 14.9 Å². The largest absolute Gasteiger partial charge is 0.508 e. The summed E-state index contributed by atoms with van der Waals surface area (Å²) in [6.45, 7) is -0.288. The van der Waals surface area contributed by atoms with E-state index < -0.39 is 5.97 Å². The van der Waals surface area contributed by atoms with Crippen molar-refractivity contribution >= 4 is 5.97 Å². The molecular formula is C14H14O4. The number of phenols is 1. The van der Waals surface area contributed by atoms with Crippen LogP contribution in [0.15, 0.2) is 60.7 Å². The lowest BCUT2D eigenvalue weighted by molar-refractivity contribution is -0.139. The second-order valence-corrected chi connectivity index (χ2v) is 3.33. The molecule has 0 saturated carbocycles. The van der Waals surface area contributed by atoms with Crippen molar-refractivity contribution < 1.29 is 19.7 Å². The molecule has 2 aromatic carbocycles. The molecule has 0 aliphatic carbocycles. The van der Waals surface area contributed by atoms with Crippen LogP contribution in [0.4, 0.5) is 0 Å². The molecule has 0 aliphatic heterocycles. The smallest absolute Gasteiger partial charge is 0.341 e. The number of hydrogen-bond donors (Lipinski definition) is 2. The van der Waals surface area contributed by atoms with Crippen molar-refractivity contribution in [2.75, 3.05) is 6.61 Å². The van der Waals surface area contributed by atoms with E-state index in [9.17, 15) is 4.79 Å². The highest BCUT2D eigenvalue weighted by atomic mass is 16.5. The lowest BCUT2D eigenvalue weighted by Crippen LogP contribution is -2.09. The van der Waals surface area contributed by atoms with Crippen LogP contribution in [-0.2, 0) is 4.79 Å². The number of rotatable bonds is 3. The maximum atomic E-state index is 10.0. The topological polar surface area (TPSA) is 66.8 Å². The van der Waals surface area contributed by atoms with E-state index in [1.165, 1.54) is 0 Å². The molecule has 0 aromatic heterocycles. The van der Waals surface area contributed by atoms with Gasteiger partial charge in [-0.3, -0.25) is 0 Å². The van der Waals surface area contributed by atoms with Gasteiger partial charge < -0.3 is 14.9 Å². The predicted octanol–water partition coefficient (Wildman–Crippen LogP) is 2.54. The van der Waals surface area contributed by atoms with Gasteiger partial charge in [0.1, 0.15) is 11.5 Å². The summed E-state index contributed by atoms with van der Waals surface area (Å²) < 4.78 is 4.87. The van der Waals surface area contributed by atoms with Crippen molar-refractivity contribution in [3.8, 4) is 11.5 Å². The Morgan fingerprint density at radius 3 is 1.83 bits per heavy atom. The minimum Gasteiger partial charge on any atom is -0.508 e. The standard InChI is InChI=1S/C8H8O3.C6H6O/c9-8(10)6-11-7-4-2-1-3-5-7;7-6-4-2-1-3-5-6/h1-5H,6H2,(H,9,10);1-5,7H. The van der Waals surface area contributed by atoms with Crippen LogP contribution >= 0.6 is 0 Å². The number of benzene rings is 2. The number of carboxylic acids is 1. The third-order valence-corrected chi connectivity index (χ3v) is 1.86. The van der Waals surface area contributed by atoms with E-state index in [0.29, 0.717) is 11.5 Å². The lowest BCUT2D eigenvalue weighted by Gasteiger charge is -2.00. The molecule has 0 heterocycles. The molecule has 0 radical (unpaired) electrons. The molecule has 94 valence electrons. The third kappa shape index (κ3) is 6.17. The number of aliphatic carboxylic acids is 1. The van der Waals surface area contributed by atoms with E-state index in [1.807, 2.05) is 12.1 Å². The van der Waals surface area contributed by atoms with Gasteiger partial charge in [0.05, 0.1) is 0 Å². The highest BCUT2D eigenvalue weighted by Crippen LogP contribution is 2.07. The number of ether oxygens (including phenoxy) is 1. The third-order valence-electron chi connectivity index (χ3n) is 1.86. The normalized spacial score (nSPS) is 8.89. The minimum absolute atomic E-state index is 0.288. The fourth-order valence-corrected chi connectivity index (χ4v) is 1.09. The second-order valence-electron chi connectivity index (χ2n) is 3.33. The number of phenolic OH excluding ortho intramolecular Hbond substituents is 1. The van der Waals surface area contributed by atoms with Crippen LogP contribution in [0.2, 0.25) is 0 Å². The van der Waals surface area contributed by atoms with Crippen molar-refractivity contribution in [3.05, 3.63) is 60.7 Å². The molecule has 2 rings (SSSR count). The maximum Gasteiger partial charge on any atom is 0.341 e. The summed E-state index contributed by atoms with van der Waals surface area (Å²) in [6.07, 6.45) is 0. The Kier molecular flexibility index (Phi) is 5.83. The zero-order chi connectivity index (χ0) is 13.2. The van der Waals surface area contributed by atoms with Gasteiger partial charge in [-0.25, -0.2) is 4.79 Å². The van der Waals surface area contributed by atoms with Gasteiger partial charge in [0.25, 0.3) is 0 Å². The summed E-state index contributed by atoms with van der Waals surface area (Å²) in [5.74, 6) is -0.0637. The zero-order valence-electron chi connectivity index (χ0n) is 9.69. The Morgan fingerprint density at radius 2 is 1.44 bits per heavy atom. The van der Waals surface area contributed by atoms with Gasteiger partial charge in [0.2, 0.25) is 0 Å². The van der Waals surface area contributed by atoms with Crippen LogP contribution in [0.25, 0.3) is 0 Å². The summed E-state index contributed by atoms with van der Waals surface area (Å²) in [4.78, 5) is 10.0. The molecule has 0 atom stereocenters. The van der Waals surface area contributed by atoms with Gasteiger partial charge >= 0.3 is 5.97 Å². The summed E-state index contributed by atoms with van der Waals surface area (Å²) >= 11 is 0. The summed E-state index contributed by atoms with van der Waals surface area (Å²) in [5.41, 5.74) is 0. The molecule has 0 bridgehead atoms. The Balaban J connectivity index is 0.000000199. The monoisotopic (exact) mass is 246 g/mol. The fraction of sp³-hybridized carbons (Fsp3) is 0.0714. The molecule has 0 spiro atoms. The Morgan fingerprint density at radius 1 is 0.944 bits per heavy atom. The number of para-hydroxylation sites is 2. The molecule has 0 unspecified atom stereocenters. The fourth-order valence-electron chi connectivity index (χ4n) is 1.09. The van der Waals surface area contributed by atoms with Gasteiger partial charge in [0, 0.05) is 0 Å². The average Bonchev–Trinajstić information content (AvgIpc) is 2.39. The number of hydrogen-bond acceptors (Lipinski definition) is 3. The quantitative estimate of drug-likeness (QED) is 0.873. The van der Waals surface area contributed by atoms with Gasteiger partial charge in [-0.15, -0.1) is 0 Å². The van der Waals surface area contributed by atoms with Gasteiger partial charge in [-0.05, 0) is 24.3 Å². The highest BCUT2D eigenvalue weighted by molar-refractivity contribution is 5.68. The maximum absolute atomic E-state index is 10.0. The van der Waals surface area contributed by atoms with Crippen LogP contribution in [0.3, 0.4) is 0 Å². The highest BCUT2D eigenvalue weighted by Gasteiger charge is 1.96. The van der Waals surface area contributed by atoms with Gasteiger partial charge in [-0.1, -0.05) is 36.4 Å². The average molecular weight is 246 g/mol. The van der Waals surface area contributed by atoms with Crippen LogP contribution in [-0.4, -0.2) is 22.8 Å². The summed E-state index contributed by atoms with van der Waals surface area (Å²) in [7, 11) is 0. The van der Waals surface area contributed by atoms with E-state index in [-0.39, 0.29) is 6.61 Å². The molecule has 4 heteroatoms. The van der Waals surface area contributed by atoms with Gasteiger partial charge in [0.15, 0.2) is 6.61 Å². The van der Waals surface area contributed by atoms with Crippen LogP contribution in [0, 0.1) is 0 Å². The first-order valence-electron chi connectivity index (χ1n) is 5.32. The molecular weight excluding hydrogens is 232 g/mol. The lowest BCUT2D eigenvalue weighted by atomic mass is 10.3. The number of aromatic hydroxyl groups is 1. The summed E-state index contributed by atoms with van der Waals surface area (Å²) in [6, 6.07) is 17.6. The second kappa shape index (κ2) is 7.73. The van der Waals surface area contributed by atoms with E-state index in [0.717, 1.165) is 0 Å². The van der Waals surface area contributed by atoms with Crippen molar-refractivity contribution in [1.82, 2.24) is 0 Å². The van der Waals surface area contributed by atoms with Crippen molar-refractivity contribution in [1.29, 1.82) is 0 Å². The molecule has 0 saturated heterocycles. The molecule has 0 fully saturated rings. The SMILES string of the molecule is O=C(O)COc1ccccc1.Oc1ccccc1. The first kappa shape index (κ1) is 13.6. The van der Waals surface area contributed by atoms with Crippen molar-refractivity contribution in [2.45, 2.75) is 0 Å². The predicted molar refractivity (Wildman–Crippen MR) is 67.7 cm³/mol. The van der Waals surface area contributed by atoms with E-state index in [1.54, 1.807) is 48.5 Å². The van der Waals surface area contributed by atoms with E-state index in [2.05, 4.69) is 0 Å². The number of carbonyl (C=O) groups is 1. The van der Waals surface area contributed by atoms with Crippen LogP contribution in [0.5, 0.6) is 11.5 Å². The minimum atomic E-state index is -0.964.